The zero-order chi connectivity index (χ0) is 13.8. The summed E-state index contributed by atoms with van der Waals surface area (Å²) in [5, 5.41) is 11.6. The van der Waals surface area contributed by atoms with E-state index in [1.54, 1.807) is 26.0 Å². The predicted molar refractivity (Wildman–Crippen MR) is 66.1 cm³/mol. The Labute approximate surface area is 105 Å². The largest absolute Gasteiger partial charge is 0.465 e. The standard InChI is InChI=1S/C13H14N2O3/c1-13(2,7-14)10-5-4-9(12(17)18-3)6-11(10)15-8-16/h4-6,8H,1-3H3,(H,15,16). The summed E-state index contributed by atoms with van der Waals surface area (Å²) in [4.78, 5) is 22.0. The van der Waals surface area contributed by atoms with Gasteiger partial charge in [0.15, 0.2) is 0 Å². The van der Waals surface area contributed by atoms with E-state index in [1.807, 2.05) is 0 Å². The lowest BCUT2D eigenvalue weighted by molar-refractivity contribution is -0.105. The van der Waals surface area contributed by atoms with E-state index in [9.17, 15) is 9.59 Å². The average Bonchev–Trinajstić information content (AvgIpc) is 2.38. The van der Waals surface area contributed by atoms with Gasteiger partial charge in [-0.1, -0.05) is 6.07 Å². The van der Waals surface area contributed by atoms with Crippen LogP contribution in [0.25, 0.3) is 0 Å². The number of carbonyl (C=O) groups excluding carboxylic acids is 2. The van der Waals surface area contributed by atoms with E-state index in [4.69, 9.17) is 5.26 Å². The molecule has 0 atom stereocenters. The summed E-state index contributed by atoms with van der Waals surface area (Å²) in [5.41, 5.74) is 0.628. The van der Waals surface area contributed by atoms with E-state index in [1.165, 1.54) is 13.2 Å². The molecule has 0 bridgehead atoms. The van der Waals surface area contributed by atoms with Crippen LogP contribution in [-0.2, 0) is 14.9 Å². The third kappa shape index (κ3) is 2.66. The second-order valence-electron chi connectivity index (χ2n) is 4.25. The number of nitrogens with one attached hydrogen (secondary N) is 1. The van der Waals surface area contributed by atoms with Crippen LogP contribution in [0.15, 0.2) is 18.2 Å². The van der Waals surface area contributed by atoms with Crippen molar-refractivity contribution in [3.05, 3.63) is 29.3 Å². The maximum Gasteiger partial charge on any atom is 0.337 e. The molecule has 5 heteroatoms. The number of esters is 1. The van der Waals surface area contributed by atoms with Crippen LogP contribution in [-0.4, -0.2) is 19.5 Å². The van der Waals surface area contributed by atoms with Gasteiger partial charge in [0.2, 0.25) is 6.41 Å². The first kappa shape index (κ1) is 13.7. The SMILES string of the molecule is COC(=O)c1ccc(C(C)(C)C#N)c(NC=O)c1. The Balaban J connectivity index is 3.34. The lowest BCUT2D eigenvalue weighted by atomic mass is 9.84. The summed E-state index contributed by atoms with van der Waals surface area (Å²) in [6.07, 6.45) is 0.507. The van der Waals surface area contributed by atoms with Gasteiger partial charge in [-0.25, -0.2) is 4.79 Å². The number of methoxy groups -OCH3 is 1. The molecule has 0 aliphatic heterocycles. The summed E-state index contributed by atoms with van der Waals surface area (Å²) in [5.74, 6) is -0.495. The van der Waals surface area contributed by atoms with E-state index in [-0.39, 0.29) is 0 Å². The quantitative estimate of drug-likeness (QED) is 0.649. The van der Waals surface area contributed by atoms with Crippen molar-refractivity contribution in [2.24, 2.45) is 0 Å². The molecule has 0 aliphatic rings. The third-order valence-electron chi connectivity index (χ3n) is 2.61. The number of rotatable bonds is 4. The fourth-order valence-corrected chi connectivity index (χ4v) is 1.58. The van der Waals surface area contributed by atoms with Crippen LogP contribution in [0.4, 0.5) is 5.69 Å². The highest BCUT2D eigenvalue weighted by atomic mass is 16.5. The van der Waals surface area contributed by atoms with Gasteiger partial charge in [-0.3, -0.25) is 4.79 Å². The first-order valence-electron chi connectivity index (χ1n) is 5.30. The molecule has 18 heavy (non-hydrogen) atoms. The molecule has 94 valence electrons. The molecule has 0 unspecified atom stereocenters. The van der Waals surface area contributed by atoms with Crippen LogP contribution >= 0.6 is 0 Å². The molecule has 0 heterocycles. The van der Waals surface area contributed by atoms with Crippen LogP contribution in [0.1, 0.15) is 29.8 Å². The minimum absolute atomic E-state index is 0.319. The highest BCUT2D eigenvalue weighted by Crippen LogP contribution is 2.30. The number of nitriles is 1. The number of hydrogen-bond acceptors (Lipinski definition) is 4. The number of benzene rings is 1. The number of nitrogens with zero attached hydrogens (tertiary/aromatic N) is 1. The topological polar surface area (TPSA) is 79.2 Å². The fourth-order valence-electron chi connectivity index (χ4n) is 1.58. The van der Waals surface area contributed by atoms with Gasteiger partial charge in [0.25, 0.3) is 0 Å². The maximum absolute atomic E-state index is 11.4. The van der Waals surface area contributed by atoms with Crippen LogP contribution in [0.5, 0.6) is 0 Å². The fraction of sp³-hybridized carbons (Fsp3) is 0.308. The molecule has 0 spiro atoms. The summed E-state index contributed by atoms with van der Waals surface area (Å²) in [7, 11) is 1.28. The van der Waals surface area contributed by atoms with Gasteiger partial charge in [0, 0.05) is 5.69 Å². The molecule has 1 aromatic rings. The Morgan fingerprint density at radius 2 is 2.17 bits per heavy atom. The third-order valence-corrected chi connectivity index (χ3v) is 2.61. The number of amides is 1. The van der Waals surface area contributed by atoms with Crippen molar-refractivity contribution in [1.29, 1.82) is 5.26 Å². The zero-order valence-electron chi connectivity index (χ0n) is 10.5. The smallest absolute Gasteiger partial charge is 0.337 e. The Kier molecular flexibility index (Phi) is 4.05. The minimum atomic E-state index is -0.764. The normalized spacial score (nSPS) is 10.3. The van der Waals surface area contributed by atoms with Gasteiger partial charge in [-0.15, -0.1) is 0 Å². The van der Waals surface area contributed by atoms with Crippen molar-refractivity contribution in [2.45, 2.75) is 19.3 Å². The Bertz CT molecular complexity index is 515. The van der Waals surface area contributed by atoms with Gasteiger partial charge < -0.3 is 10.1 Å². The summed E-state index contributed by atoms with van der Waals surface area (Å²) in [6.45, 7) is 3.46. The molecule has 5 nitrogen and oxygen atoms in total. The van der Waals surface area contributed by atoms with Crippen LogP contribution < -0.4 is 5.32 Å². The minimum Gasteiger partial charge on any atom is -0.465 e. The number of hydrogen-bond donors (Lipinski definition) is 1. The van der Waals surface area contributed by atoms with Crippen molar-refractivity contribution in [2.75, 3.05) is 12.4 Å². The first-order chi connectivity index (χ1) is 8.46. The molecular weight excluding hydrogens is 232 g/mol. The molecule has 1 N–H and O–H groups in total. The van der Waals surface area contributed by atoms with Crippen molar-refractivity contribution >= 4 is 18.1 Å². The number of carbonyl (C=O) groups is 2. The average molecular weight is 246 g/mol. The maximum atomic E-state index is 11.4. The lowest BCUT2D eigenvalue weighted by Crippen LogP contribution is -2.17. The Morgan fingerprint density at radius 3 is 2.67 bits per heavy atom. The molecular formula is C13H14N2O3. The molecule has 0 fully saturated rings. The van der Waals surface area contributed by atoms with E-state index < -0.39 is 11.4 Å². The van der Waals surface area contributed by atoms with Gasteiger partial charge in [-0.05, 0) is 31.5 Å². The predicted octanol–water partition coefficient (Wildman–Crippen LogP) is 1.84. The van der Waals surface area contributed by atoms with Crippen LogP contribution in [0.2, 0.25) is 0 Å². The van der Waals surface area contributed by atoms with Crippen molar-refractivity contribution in [1.82, 2.24) is 0 Å². The number of ether oxygens (including phenoxy) is 1. The summed E-state index contributed by atoms with van der Waals surface area (Å²) < 4.78 is 4.60. The molecule has 1 aromatic carbocycles. The second-order valence-corrected chi connectivity index (χ2v) is 4.25. The molecule has 0 saturated heterocycles. The van der Waals surface area contributed by atoms with Crippen LogP contribution in [0.3, 0.4) is 0 Å². The number of anilines is 1. The molecule has 0 radical (unpaired) electrons. The molecule has 0 aromatic heterocycles. The first-order valence-corrected chi connectivity index (χ1v) is 5.30. The highest BCUT2D eigenvalue weighted by Gasteiger charge is 2.24. The van der Waals surface area contributed by atoms with Gasteiger partial charge >= 0.3 is 5.97 Å². The molecule has 1 amide bonds. The summed E-state index contributed by atoms with van der Waals surface area (Å²) >= 11 is 0. The second kappa shape index (κ2) is 5.32. The van der Waals surface area contributed by atoms with Gasteiger partial charge in [0.1, 0.15) is 0 Å². The molecule has 1 rings (SSSR count). The lowest BCUT2D eigenvalue weighted by Gasteiger charge is -2.20. The zero-order valence-corrected chi connectivity index (χ0v) is 10.5. The van der Waals surface area contributed by atoms with Gasteiger partial charge in [0.05, 0.1) is 24.2 Å². The monoisotopic (exact) mass is 246 g/mol. The highest BCUT2D eigenvalue weighted by molar-refractivity contribution is 5.91. The molecule has 0 saturated carbocycles. The van der Waals surface area contributed by atoms with E-state index in [0.29, 0.717) is 23.2 Å². The van der Waals surface area contributed by atoms with Crippen molar-refractivity contribution in [3.8, 4) is 6.07 Å². The van der Waals surface area contributed by atoms with Gasteiger partial charge in [-0.2, -0.15) is 5.26 Å². The van der Waals surface area contributed by atoms with E-state index in [2.05, 4.69) is 16.1 Å². The Morgan fingerprint density at radius 1 is 1.50 bits per heavy atom. The van der Waals surface area contributed by atoms with Crippen molar-refractivity contribution in [3.63, 3.8) is 0 Å². The summed E-state index contributed by atoms with van der Waals surface area (Å²) in [6, 6.07) is 6.85. The van der Waals surface area contributed by atoms with Crippen LogP contribution in [0, 0.1) is 11.3 Å². The Hall–Kier alpha value is -2.35. The van der Waals surface area contributed by atoms with E-state index in [0.717, 1.165) is 0 Å². The molecule has 0 aliphatic carbocycles. The van der Waals surface area contributed by atoms with Crippen molar-refractivity contribution < 1.29 is 14.3 Å². The van der Waals surface area contributed by atoms with E-state index >= 15 is 0 Å².